The Kier molecular flexibility index (Phi) is 3.73. The summed E-state index contributed by atoms with van der Waals surface area (Å²) in [6.07, 6.45) is 4.77. The Balaban J connectivity index is 2.05. The van der Waals surface area contributed by atoms with Crippen LogP contribution >= 0.6 is 0 Å². The van der Waals surface area contributed by atoms with E-state index in [1.54, 1.807) is 7.11 Å². The van der Waals surface area contributed by atoms with Crippen LogP contribution in [0.15, 0.2) is 0 Å². The molecule has 4 heteroatoms. The minimum atomic E-state index is 0.247. The molecule has 17 heavy (non-hydrogen) atoms. The third-order valence-electron chi connectivity index (χ3n) is 4.54. The zero-order valence-electron chi connectivity index (χ0n) is 11.2. The molecule has 4 nitrogen and oxygen atoms in total. The Hall–Kier alpha value is -0.610. The lowest BCUT2D eigenvalue weighted by atomic mass is 9.71. The summed E-state index contributed by atoms with van der Waals surface area (Å²) in [5, 5.41) is 2.96. The SMILES string of the molecule is CNCC(=O)N1CC[C@@]2(C)C[C@H](OC)CC[C@@H]12. The second-order valence-electron chi connectivity index (χ2n) is 5.68. The Bertz CT molecular complexity index is 295. The van der Waals surface area contributed by atoms with Crippen molar-refractivity contribution in [3.8, 4) is 0 Å². The van der Waals surface area contributed by atoms with Crippen LogP contribution < -0.4 is 5.32 Å². The molecule has 0 unspecified atom stereocenters. The second kappa shape index (κ2) is 4.94. The van der Waals surface area contributed by atoms with Crippen LogP contribution in [-0.4, -0.2) is 50.2 Å². The van der Waals surface area contributed by atoms with Gasteiger partial charge in [0.05, 0.1) is 12.6 Å². The van der Waals surface area contributed by atoms with Crippen LogP contribution in [0.2, 0.25) is 0 Å². The molecule has 3 atom stereocenters. The van der Waals surface area contributed by atoms with Crippen molar-refractivity contribution in [1.29, 1.82) is 0 Å². The normalized spacial score (nSPS) is 37.0. The number of amides is 1. The molecule has 1 saturated carbocycles. The van der Waals surface area contributed by atoms with Crippen molar-refractivity contribution >= 4 is 5.91 Å². The van der Waals surface area contributed by atoms with E-state index in [0.717, 1.165) is 32.2 Å². The Labute approximate surface area is 104 Å². The number of rotatable bonds is 3. The molecule has 98 valence electrons. The monoisotopic (exact) mass is 240 g/mol. The molecular weight excluding hydrogens is 216 g/mol. The van der Waals surface area contributed by atoms with Gasteiger partial charge in [-0.2, -0.15) is 0 Å². The van der Waals surface area contributed by atoms with E-state index >= 15 is 0 Å². The highest BCUT2D eigenvalue weighted by Crippen LogP contribution is 2.47. The van der Waals surface area contributed by atoms with E-state index in [9.17, 15) is 4.79 Å². The smallest absolute Gasteiger partial charge is 0.236 e. The fraction of sp³-hybridized carbons (Fsp3) is 0.923. The fourth-order valence-corrected chi connectivity index (χ4v) is 3.54. The van der Waals surface area contributed by atoms with E-state index in [-0.39, 0.29) is 11.3 Å². The molecule has 0 aromatic carbocycles. The van der Waals surface area contributed by atoms with Gasteiger partial charge in [0.2, 0.25) is 5.91 Å². The lowest BCUT2D eigenvalue weighted by Gasteiger charge is -2.42. The summed E-state index contributed by atoms with van der Waals surface area (Å²) in [5.74, 6) is 0.247. The number of methoxy groups -OCH3 is 1. The first-order chi connectivity index (χ1) is 8.10. The van der Waals surface area contributed by atoms with Gasteiger partial charge >= 0.3 is 0 Å². The van der Waals surface area contributed by atoms with E-state index in [4.69, 9.17) is 4.74 Å². The molecule has 1 amide bonds. The molecule has 0 spiro atoms. The van der Waals surface area contributed by atoms with E-state index in [2.05, 4.69) is 17.1 Å². The highest BCUT2D eigenvalue weighted by atomic mass is 16.5. The summed E-state index contributed by atoms with van der Waals surface area (Å²) in [4.78, 5) is 14.1. The topological polar surface area (TPSA) is 41.6 Å². The number of carbonyl (C=O) groups is 1. The summed E-state index contributed by atoms with van der Waals surface area (Å²) in [5.41, 5.74) is 0.266. The summed E-state index contributed by atoms with van der Waals surface area (Å²) in [7, 11) is 3.63. The summed E-state index contributed by atoms with van der Waals surface area (Å²) >= 11 is 0. The number of likely N-dealkylation sites (N-methyl/N-ethyl adjacent to an activating group) is 1. The fourth-order valence-electron chi connectivity index (χ4n) is 3.54. The van der Waals surface area contributed by atoms with Gasteiger partial charge in [0, 0.05) is 19.7 Å². The van der Waals surface area contributed by atoms with Gasteiger partial charge in [0.25, 0.3) is 0 Å². The molecule has 1 aliphatic heterocycles. The average Bonchev–Trinajstić information content (AvgIpc) is 2.65. The summed E-state index contributed by atoms with van der Waals surface area (Å²) < 4.78 is 5.49. The van der Waals surface area contributed by atoms with Crippen molar-refractivity contribution in [2.24, 2.45) is 5.41 Å². The first-order valence-corrected chi connectivity index (χ1v) is 6.57. The van der Waals surface area contributed by atoms with Gasteiger partial charge < -0.3 is 15.0 Å². The van der Waals surface area contributed by atoms with E-state index in [1.165, 1.54) is 0 Å². The minimum absolute atomic E-state index is 0.247. The Morgan fingerprint density at radius 3 is 2.94 bits per heavy atom. The maximum absolute atomic E-state index is 12.0. The number of nitrogens with zero attached hydrogens (tertiary/aromatic N) is 1. The van der Waals surface area contributed by atoms with E-state index < -0.39 is 0 Å². The van der Waals surface area contributed by atoms with Gasteiger partial charge in [-0.25, -0.2) is 0 Å². The van der Waals surface area contributed by atoms with Crippen LogP contribution in [0.1, 0.15) is 32.6 Å². The third-order valence-corrected chi connectivity index (χ3v) is 4.54. The Morgan fingerprint density at radius 2 is 2.29 bits per heavy atom. The maximum Gasteiger partial charge on any atom is 0.236 e. The lowest BCUT2D eigenvalue weighted by Crippen LogP contribution is -2.48. The van der Waals surface area contributed by atoms with Crippen molar-refractivity contribution < 1.29 is 9.53 Å². The molecule has 1 N–H and O–H groups in total. The van der Waals surface area contributed by atoms with Crippen LogP contribution in [0, 0.1) is 5.41 Å². The van der Waals surface area contributed by atoms with Crippen LogP contribution in [0.3, 0.4) is 0 Å². The van der Waals surface area contributed by atoms with Gasteiger partial charge in [0.15, 0.2) is 0 Å². The standard InChI is InChI=1S/C13H24N2O2/c1-13-6-7-15(12(16)9-14-2)11(13)5-4-10(8-13)17-3/h10-11,14H,4-9H2,1-3H3/t10-,11-,13+/m1/s1. The molecule has 1 aliphatic carbocycles. The molecule has 0 aromatic heterocycles. The van der Waals surface area contributed by atoms with Gasteiger partial charge in [-0.05, 0) is 38.1 Å². The number of carbonyl (C=O) groups excluding carboxylic acids is 1. The van der Waals surface area contributed by atoms with Gasteiger partial charge in [0.1, 0.15) is 0 Å². The highest BCUT2D eigenvalue weighted by molar-refractivity contribution is 5.79. The quantitative estimate of drug-likeness (QED) is 0.800. The zero-order valence-corrected chi connectivity index (χ0v) is 11.2. The molecule has 0 bridgehead atoms. The van der Waals surface area contributed by atoms with Crippen molar-refractivity contribution in [2.75, 3.05) is 27.2 Å². The maximum atomic E-state index is 12.0. The largest absolute Gasteiger partial charge is 0.381 e. The van der Waals surface area contributed by atoms with Crippen molar-refractivity contribution in [2.45, 2.75) is 44.8 Å². The molecule has 0 aromatic rings. The van der Waals surface area contributed by atoms with Gasteiger partial charge in [-0.1, -0.05) is 6.92 Å². The number of fused-ring (bicyclic) bond motifs is 1. The predicted molar refractivity (Wildman–Crippen MR) is 66.8 cm³/mol. The molecule has 2 aliphatic rings. The zero-order chi connectivity index (χ0) is 12.5. The number of hydrogen-bond acceptors (Lipinski definition) is 3. The summed E-state index contributed by atoms with van der Waals surface area (Å²) in [6.45, 7) is 3.69. The van der Waals surface area contributed by atoms with Crippen molar-refractivity contribution in [3.63, 3.8) is 0 Å². The van der Waals surface area contributed by atoms with Crippen molar-refractivity contribution in [1.82, 2.24) is 10.2 Å². The molecule has 1 heterocycles. The average molecular weight is 240 g/mol. The van der Waals surface area contributed by atoms with Crippen LogP contribution in [0.5, 0.6) is 0 Å². The number of likely N-dealkylation sites (tertiary alicyclic amines) is 1. The minimum Gasteiger partial charge on any atom is -0.381 e. The first kappa shape index (κ1) is 12.8. The highest BCUT2D eigenvalue weighted by Gasteiger charge is 2.48. The lowest BCUT2D eigenvalue weighted by molar-refractivity contribution is -0.133. The molecule has 2 rings (SSSR count). The van der Waals surface area contributed by atoms with Crippen LogP contribution in [0.25, 0.3) is 0 Å². The number of nitrogens with one attached hydrogen (secondary N) is 1. The first-order valence-electron chi connectivity index (χ1n) is 6.57. The van der Waals surface area contributed by atoms with Crippen LogP contribution in [0.4, 0.5) is 0 Å². The molecule has 2 fully saturated rings. The predicted octanol–water partition coefficient (Wildman–Crippen LogP) is 1.01. The Morgan fingerprint density at radius 1 is 1.53 bits per heavy atom. The number of ether oxygens (including phenoxy) is 1. The molecule has 0 radical (unpaired) electrons. The van der Waals surface area contributed by atoms with E-state index in [1.807, 2.05) is 7.05 Å². The summed E-state index contributed by atoms with van der Waals surface area (Å²) in [6, 6.07) is 0.426. The van der Waals surface area contributed by atoms with Crippen molar-refractivity contribution in [3.05, 3.63) is 0 Å². The third kappa shape index (κ3) is 2.33. The molecular formula is C13H24N2O2. The second-order valence-corrected chi connectivity index (χ2v) is 5.68. The number of hydrogen-bond donors (Lipinski definition) is 1. The van der Waals surface area contributed by atoms with Gasteiger partial charge in [-0.15, -0.1) is 0 Å². The van der Waals surface area contributed by atoms with Gasteiger partial charge in [-0.3, -0.25) is 4.79 Å². The van der Waals surface area contributed by atoms with Crippen LogP contribution in [-0.2, 0) is 9.53 Å². The molecule has 1 saturated heterocycles. The van der Waals surface area contributed by atoms with E-state index in [0.29, 0.717) is 18.7 Å².